The highest BCUT2D eigenvalue weighted by atomic mass is 16.3. The molecule has 0 spiro atoms. The smallest absolute Gasteiger partial charge is 0.193 e. The lowest BCUT2D eigenvalue weighted by Gasteiger charge is -2.09. The van der Waals surface area contributed by atoms with E-state index in [1.54, 1.807) is 0 Å². The lowest BCUT2D eigenvalue weighted by Crippen LogP contribution is -2.38. The van der Waals surface area contributed by atoms with Crippen molar-refractivity contribution in [3.63, 3.8) is 0 Å². The number of ketones is 1. The van der Waals surface area contributed by atoms with E-state index in [1.165, 1.54) is 0 Å². The molecule has 0 aromatic rings. The van der Waals surface area contributed by atoms with E-state index in [0.717, 1.165) is 0 Å². The van der Waals surface area contributed by atoms with E-state index in [9.17, 15) is 4.79 Å². The van der Waals surface area contributed by atoms with Gasteiger partial charge in [0.2, 0.25) is 0 Å². The molecule has 10 heavy (non-hydrogen) atoms. The molecular weight excluding hydrogens is 138 g/mol. The second kappa shape index (κ2) is 4.35. The van der Waals surface area contributed by atoms with Crippen LogP contribution in [-0.2, 0) is 4.79 Å². The maximum atomic E-state index is 10.6. The minimum Gasteiger partial charge on any atom is -0.393 e. The van der Waals surface area contributed by atoms with E-state index in [-0.39, 0.29) is 6.54 Å². The van der Waals surface area contributed by atoms with E-state index in [0.29, 0.717) is 0 Å². The normalized spacial score (nSPS) is 16.4. The van der Waals surface area contributed by atoms with Gasteiger partial charge in [-0.15, -0.1) is 0 Å². The van der Waals surface area contributed by atoms with Crippen molar-refractivity contribution in [3.05, 3.63) is 0 Å². The van der Waals surface area contributed by atoms with Crippen LogP contribution in [0.25, 0.3) is 0 Å². The van der Waals surface area contributed by atoms with Gasteiger partial charge in [0, 0.05) is 6.54 Å². The molecule has 0 aromatic heterocycles. The summed E-state index contributed by atoms with van der Waals surface area (Å²) in [6.45, 7) is -0.925. The average molecular weight is 149 g/mol. The van der Waals surface area contributed by atoms with Crippen LogP contribution in [0.5, 0.6) is 0 Å². The van der Waals surface area contributed by atoms with Crippen LogP contribution in [0.15, 0.2) is 0 Å². The minimum atomic E-state index is -1.52. The first-order valence-electron chi connectivity index (χ1n) is 2.84. The second-order valence-corrected chi connectivity index (χ2v) is 1.85. The van der Waals surface area contributed by atoms with Gasteiger partial charge in [0.05, 0.1) is 6.61 Å². The number of aliphatic hydroxyl groups excluding tert-OH is 3. The molecule has 5 heteroatoms. The molecule has 0 aromatic carbocycles. The predicted octanol–water partition coefficient (Wildman–Crippen LogP) is -2.77. The summed E-state index contributed by atoms with van der Waals surface area (Å²) in [5.41, 5.74) is 4.90. The van der Waals surface area contributed by atoms with Gasteiger partial charge in [-0.3, -0.25) is 4.79 Å². The van der Waals surface area contributed by atoms with E-state index >= 15 is 0 Å². The Morgan fingerprint density at radius 2 is 1.90 bits per heavy atom. The maximum absolute atomic E-state index is 10.6. The van der Waals surface area contributed by atoms with Crippen molar-refractivity contribution in [1.29, 1.82) is 0 Å². The first kappa shape index (κ1) is 9.51. The number of hydrogen-bond donors (Lipinski definition) is 4. The minimum absolute atomic E-state index is 0.240. The molecule has 0 aliphatic carbocycles. The zero-order valence-electron chi connectivity index (χ0n) is 5.40. The first-order chi connectivity index (χ1) is 4.63. The molecule has 0 aliphatic heterocycles. The SMILES string of the molecule is NCC(O)C(=O)C(O)CO. The van der Waals surface area contributed by atoms with Crippen LogP contribution in [0.4, 0.5) is 0 Å². The molecule has 60 valence electrons. The molecule has 5 N–H and O–H groups in total. The van der Waals surface area contributed by atoms with E-state index in [1.807, 2.05) is 0 Å². The van der Waals surface area contributed by atoms with Crippen LogP contribution < -0.4 is 5.73 Å². The number of rotatable bonds is 4. The highest BCUT2D eigenvalue weighted by Gasteiger charge is 2.20. The van der Waals surface area contributed by atoms with Crippen molar-refractivity contribution in [2.24, 2.45) is 5.73 Å². The maximum Gasteiger partial charge on any atom is 0.193 e. The van der Waals surface area contributed by atoms with Crippen molar-refractivity contribution in [2.75, 3.05) is 13.2 Å². The highest BCUT2D eigenvalue weighted by molar-refractivity contribution is 5.87. The molecule has 0 amide bonds. The zero-order valence-corrected chi connectivity index (χ0v) is 5.40. The monoisotopic (exact) mass is 149 g/mol. The molecule has 0 heterocycles. The van der Waals surface area contributed by atoms with Gasteiger partial charge in [-0.05, 0) is 0 Å². The Morgan fingerprint density at radius 1 is 1.40 bits per heavy atom. The first-order valence-corrected chi connectivity index (χ1v) is 2.84. The number of nitrogens with two attached hydrogens (primary N) is 1. The Bertz CT molecular complexity index is 104. The summed E-state index contributed by atoms with van der Waals surface area (Å²) in [4.78, 5) is 10.6. The Balaban J connectivity index is 3.82. The average Bonchev–Trinajstić information content (AvgIpc) is 2.00. The molecule has 0 aliphatic rings. The Kier molecular flexibility index (Phi) is 4.13. The van der Waals surface area contributed by atoms with Gasteiger partial charge in [0.15, 0.2) is 5.78 Å². The van der Waals surface area contributed by atoms with Crippen LogP contribution in [0.2, 0.25) is 0 Å². The van der Waals surface area contributed by atoms with E-state index in [2.05, 4.69) is 0 Å². The van der Waals surface area contributed by atoms with Gasteiger partial charge < -0.3 is 21.1 Å². The Hall–Kier alpha value is -0.490. The number of carbonyl (C=O) groups excluding carboxylic acids is 1. The zero-order chi connectivity index (χ0) is 8.15. The third kappa shape index (κ3) is 2.40. The summed E-state index contributed by atoms with van der Waals surface area (Å²) in [5.74, 6) is -0.843. The molecule has 0 radical (unpaired) electrons. The molecule has 2 unspecified atom stereocenters. The van der Waals surface area contributed by atoms with Crippen LogP contribution in [0, 0.1) is 0 Å². The second-order valence-electron chi connectivity index (χ2n) is 1.85. The number of carbonyl (C=O) groups is 1. The van der Waals surface area contributed by atoms with Gasteiger partial charge in [0.25, 0.3) is 0 Å². The summed E-state index contributed by atoms with van der Waals surface area (Å²) >= 11 is 0. The molecule has 0 fully saturated rings. The fraction of sp³-hybridized carbons (Fsp3) is 0.800. The fourth-order valence-corrected chi connectivity index (χ4v) is 0.428. The van der Waals surface area contributed by atoms with Crippen molar-refractivity contribution in [1.82, 2.24) is 0 Å². The van der Waals surface area contributed by atoms with Gasteiger partial charge >= 0.3 is 0 Å². The molecule has 5 nitrogen and oxygen atoms in total. The topological polar surface area (TPSA) is 104 Å². The quantitative estimate of drug-likeness (QED) is 0.346. The lowest BCUT2D eigenvalue weighted by atomic mass is 10.1. The van der Waals surface area contributed by atoms with Crippen molar-refractivity contribution in [3.8, 4) is 0 Å². The predicted molar refractivity (Wildman–Crippen MR) is 33.2 cm³/mol. The fourth-order valence-electron chi connectivity index (χ4n) is 0.428. The molecule has 0 rings (SSSR count). The van der Waals surface area contributed by atoms with Crippen LogP contribution >= 0.6 is 0 Å². The highest BCUT2D eigenvalue weighted by Crippen LogP contribution is 1.89. The number of aliphatic hydroxyl groups is 3. The van der Waals surface area contributed by atoms with Gasteiger partial charge in [-0.1, -0.05) is 0 Å². The third-order valence-electron chi connectivity index (χ3n) is 1.05. The summed E-state index contributed by atoms with van der Waals surface area (Å²) in [5, 5.41) is 25.5. The largest absolute Gasteiger partial charge is 0.393 e. The lowest BCUT2D eigenvalue weighted by molar-refractivity contribution is -0.136. The van der Waals surface area contributed by atoms with E-state index in [4.69, 9.17) is 21.1 Å². The Labute approximate surface area is 58.1 Å². The molecular formula is C5H11NO4. The van der Waals surface area contributed by atoms with Crippen LogP contribution in [-0.4, -0.2) is 46.5 Å². The molecule has 2 atom stereocenters. The Morgan fingerprint density at radius 3 is 2.20 bits per heavy atom. The van der Waals surface area contributed by atoms with Crippen LogP contribution in [0.3, 0.4) is 0 Å². The summed E-state index contributed by atoms with van der Waals surface area (Å²) in [6, 6.07) is 0. The summed E-state index contributed by atoms with van der Waals surface area (Å²) in [7, 11) is 0. The van der Waals surface area contributed by atoms with Gasteiger partial charge in [-0.25, -0.2) is 0 Å². The number of Topliss-reactive ketones (excluding diaryl/α,β-unsaturated/α-hetero) is 1. The summed E-state index contributed by atoms with van der Waals surface area (Å²) < 4.78 is 0. The molecule has 0 saturated carbocycles. The van der Waals surface area contributed by atoms with Crippen molar-refractivity contribution >= 4 is 5.78 Å². The van der Waals surface area contributed by atoms with Crippen molar-refractivity contribution < 1.29 is 20.1 Å². The van der Waals surface area contributed by atoms with Crippen molar-refractivity contribution in [2.45, 2.75) is 12.2 Å². The standard InChI is InChI=1S/C5H11NO4/c6-1-3(8)5(10)4(9)2-7/h3-4,7-9H,1-2,6H2. The molecule has 0 bridgehead atoms. The summed E-state index contributed by atoms with van der Waals surface area (Å²) in [6.07, 6.45) is -2.89. The van der Waals surface area contributed by atoms with Gasteiger partial charge in [0.1, 0.15) is 12.2 Å². The van der Waals surface area contributed by atoms with Gasteiger partial charge in [-0.2, -0.15) is 0 Å². The van der Waals surface area contributed by atoms with E-state index < -0.39 is 24.6 Å². The molecule has 0 saturated heterocycles. The van der Waals surface area contributed by atoms with Crippen LogP contribution in [0.1, 0.15) is 0 Å². The third-order valence-corrected chi connectivity index (χ3v) is 1.05. The number of hydrogen-bond acceptors (Lipinski definition) is 5.